The van der Waals surface area contributed by atoms with Gasteiger partial charge in [0.1, 0.15) is 12.6 Å². The zero-order valence-corrected chi connectivity index (χ0v) is 13.5. The average Bonchev–Trinajstić information content (AvgIpc) is 2.60. The summed E-state index contributed by atoms with van der Waals surface area (Å²) >= 11 is 0. The van der Waals surface area contributed by atoms with Crippen LogP contribution in [0, 0.1) is 6.92 Å². The Morgan fingerprint density at radius 3 is 2.67 bits per heavy atom. The number of benzene rings is 1. The minimum atomic E-state index is -0.518. The first-order chi connectivity index (χ1) is 11.6. The Bertz CT molecular complexity index is 935. The number of ether oxygens (including phenoxy) is 1. The van der Waals surface area contributed by atoms with Gasteiger partial charge in [0.05, 0.1) is 11.1 Å². The molecule has 6 nitrogen and oxygen atoms in total. The summed E-state index contributed by atoms with van der Waals surface area (Å²) in [6.45, 7) is 3.34. The molecule has 0 aliphatic carbocycles. The molecule has 0 aliphatic rings. The van der Waals surface area contributed by atoms with Gasteiger partial charge in [0, 0.05) is 23.3 Å². The molecule has 1 unspecified atom stereocenters. The summed E-state index contributed by atoms with van der Waals surface area (Å²) in [5.74, 6) is -0.518. The second-order valence-electron chi connectivity index (χ2n) is 5.51. The van der Waals surface area contributed by atoms with Crippen molar-refractivity contribution in [2.24, 2.45) is 0 Å². The van der Waals surface area contributed by atoms with E-state index in [0.29, 0.717) is 11.1 Å². The van der Waals surface area contributed by atoms with Gasteiger partial charge >= 0.3 is 5.97 Å². The van der Waals surface area contributed by atoms with Crippen molar-refractivity contribution < 1.29 is 9.53 Å². The maximum absolute atomic E-state index is 12.5. The predicted molar refractivity (Wildman–Crippen MR) is 89.5 cm³/mol. The Morgan fingerprint density at radius 1 is 1.21 bits per heavy atom. The molecule has 6 heteroatoms. The molecule has 0 saturated carbocycles. The van der Waals surface area contributed by atoms with Gasteiger partial charge in [-0.2, -0.15) is 5.10 Å². The number of esters is 1. The lowest BCUT2D eigenvalue weighted by molar-refractivity contribution is -0.149. The van der Waals surface area contributed by atoms with E-state index < -0.39 is 12.1 Å². The Balaban J connectivity index is 1.81. The number of fused-ring (bicyclic) bond motifs is 1. The molecular formula is C18H17N3O3. The fourth-order valence-electron chi connectivity index (χ4n) is 2.55. The third-order valence-electron chi connectivity index (χ3n) is 3.79. The summed E-state index contributed by atoms with van der Waals surface area (Å²) in [6.07, 6.45) is 2.85. The first-order valence-electron chi connectivity index (χ1n) is 7.62. The van der Waals surface area contributed by atoms with Crippen LogP contribution in [0.5, 0.6) is 0 Å². The van der Waals surface area contributed by atoms with Crippen LogP contribution in [0.1, 0.15) is 24.3 Å². The summed E-state index contributed by atoms with van der Waals surface area (Å²) in [4.78, 5) is 28.6. The molecule has 0 fully saturated rings. The van der Waals surface area contributed by atoms with E-state index in [4.69, 9.17) is 4.74 Å². The predicted octanol–water partition coefficient (Wildman–Crippen LogP) is 2.40. The number of aromatic nitrogens is 3. The van der Waals surface area contributed by atoms with Crippen LogP contribution in [0.25, 0.3) is 10.8 Å². The molecule has 1 atom stereocenters. The number of hydrogen-bond donors (Lipinski definition) is 0. The van der Waals surface area contributed by atoms with E-state index in [9.17, 15) is 9.59 Å². The van der Waals surface area contributed by atoms with Crippen LogP contribution < -0.4 is 5.56 Å². The SMILES string of the molecule is Cc1nn(CC(=O)OC(C)c2cccnc2)c(=O)c2ccccc12. The highest BCUT2D eigenvalue weighted by molar-refractivity contribution is 5.83. The highest BCUT2D eigenvalue weighted by atomic mass is 16.5. The van der Waals surface area contributed by atoms with E-state index in [1.54, 1.807) is 37.5 Å². The number of aryl methyl sites for hydroxylation is 1. The molecule has 0 spiro atoms. The van der Waals surface area contributed by atoms with E-state index in [1.165, 1.54) is 0 Å². The van der Waals surface area contributed by atoms with E-state index in [1.807, 2.05) is 25.1 Å². The lowest BCUT2D eigenvalue weighted by atomic mass is 10.1. The van der Waals surface area contributed by atoms with Crippen molar-refractivity contribution in [3.05, 3.63) is 70.4 Å². The van der Waals surface area contributed by atoms with Crippen molar-refractivity contribution in [2.75, 3.05) is 0 Å². The lowest BCUT2D eigenvalue weighted by Crippen LogP contribution is -2.28. The summed E-state index contributed by atoms with van der Waals surface area (Å²) in [6, 6.07) is 10.8. The molecule has 0 saturated heterocycles. The highest BCUT2D eigenvalue weighted by Gasteiger charge is 2.15. The van der Waals surface area contributed by atoms with Gasteiger partial charge < -0.3 is 4.74 Å². The maximum Gasteiger partial charge on any atom is 0.328 e. The minimum absolute atomic E-state index is 0.227. The third kappa shape index (κ3) is 3.17. The molecular weight excluding hydrogens is 306 g/mol. The molecule has 0 radical (unpaired) electrons. The zero-order chi connectivity index (χ0) is 17.1. The monoisotopic (exact) mass is 323 g/mol. The van der Waals surface area contributed by atoms with Gasteiger partial charge in [-0.05, 0) is 26.0 Å². The largest absolute Gasteiger partial charge is 0.456 e. The summed E-state index contributed by atoms with van der Waals surface area (Å²) in [7, 11) is 0. The summed E-state index contributed by atoms with van der Waals surface area (Å²) in [5, 5.41) is 5.54. The maximum atomic E-state index is 12.5. The summed E-state index contributed by atoms with van der Waals surface area (Å²) in [5.41, 5.74) is 1.18. The van der Waals surface area contributed by atoms with Gasteiger partial charge in [-0.25, -0.2) is 4.68 Å². The molecule has 0 amide bonds. The molecule has 2 heterocycles. The number of carbonyl (C=O) groups is 1. The van der Waals surface area contributed by atoms with Gasteiger partial charge in [0.25, 0.3) is 5.56 Å². The van der Waals surface area contributed by atoms with Crippen LogP contribution in [-0.2, 0) is 16.1 Å². The van der Waals surface area contributed by atoms with Crippen LogP contribution in [0.2, 0.25) is 0 Å². The van der Waals surface area contributed by atoms with Crippen molar-refractivity contribution in [2.45, 2.75) is 26.5 Å². The normalized spacial score (nSPS) is 12.1. The number of hydrogen-bond acceptors (Lipinski definition) is 5. The van der Waals surface area contributed by atoms with Crippen LogP contribution >= 0.6 is 0 Å². The third-order valence-corrected chi connectivity index (χ3v) is 3.79. The minimum Gasteiger partial charge on any atom is -0.456 e. The first-order valence-corrected chi connectivity index (χ1v) is 7.62. The van der Waals surface area contributed by atoms with Gasteiger partial charge in [-0.15, -0.1) is 0 Å². The van der Waals surface area contributed by atoms with Crippen LogP contribution in [0.15, 0.2) is 53.6 Å². The van der Waals surface area contributed by atoms with Crippen molar-refractivity contribution in [1.29, 1.82) is 0 Å². The van der Waals surface area contributed by atoms with Crippen molar-refractivity contribution in [1.82, 2.24) is 14.8 Å². The molecule has 0 N–H and O–H groups in total. The van der Waals surface area contributed by atoms with Crippen molar-refractivity contribution >= 4 is 16.7 Å². The number of pyridine rings is 1. The molecule has 24 heavy (non-hydrogen) atoms. The second-order valence-corrected chi connectivity index (χ2v) is 5.51. The van der Waals surface area contributed by atoms with E-state index in [0.717, 1.165) is 15.6 Å². The topological polar surface area (TPSA) is 74.1 Å². The Kier molecular flexibility index (Phi) is 4.37. The second kappa shape index (κ2) is 6.62. The fourth-order valence-corrected chi connectivity index (χ4v) is 2.55. The summed E-state index contributed by atoms with van der Waals surface area (Å²) < 4.78 is 6.52. The van der Waals surface area contributed by atoms with E-state index in [2.05, 4.69) is 10.1 Å². The smallest absolute Gasteiger partial charge is 0.328 e. The Hall–Kier alpha value is -3.02. The number of carbonyl (C=O) groups excluding carboxylic acids is 1. The van der Waals surface area contributed by atoms with Gasteiger partial charge in [0.15, 0.2) is 0 Å². The average molecular weight is 323 g/mol. The quantitative estimate of drug-likeness (QED) is 0.689. The van der Waals surface area contributed by atoms with E-state index >= 15 is 0 Å². The van der Waals surface area contributed by atoms with Crippen LogP contribution in [-0.4, -0.2) is 20.7 Å². The molecule has 1 aromatic carbocycles. The van der Waals surface area contributed by atoms with E-state index in [-0.39, 0.29) is 12.1 Å². The molecule has 0 bridgehead atoms. The number of rotatable bonds is 4. The highest BCUT2D eigenvalue weighted by Crippen LogP contribution is 2.15. The lowest BCUT2D eigenvalue weighted by Gasteiger charge is -2.14. The Labute approximate surface area is 138 Å². The van der Waals surface area contributed by atoms with Crippen molar-refractivity contribution in [3.8, 4) is 0 Å². The first kappa shape index (κ1) is 15.9. The van der Waals surface area contributed by atoms with Gasteiger partial charge in [-0.1, -0.05) is 24.3 Å². The molecule has 2 aromatic heterocycles. The van der Waals surface area contributed by atoms with Gasteiger partial charge in [-0.3, -0.25) is 14.6 Å². The fraction of sp³-hybridized carbons (Fsp3) is 0.222. The van der Waals surface area contributed by atoms with Crippen LogP contribution in [0.3, 0.4) is 0 Å². The van der Waals surface area contributed by atoms with Gasteiger partial charge in [0.2, 0.25) is 0 Å². The zero-order valence-electron chi connectivity index (χ0n) is 13.5. The molecule has 0 aliphatic heterocycles. The molecule has 122 valence electrons. The van der Waals surface area contributed by atoms with Crippen LogP contribution in [0.4, 0.5) is 0 Å². The number of nitrogens with zero attached hydrogens (tertiary/aromatic N) is 3. The Morgan fingerprint density at radius 2 is 1.96 bits per heavy atom. The molecule has 3 rings (SSSR count). The standard InChI is InChI=1S/C18H17N3O3/c1-12-15-7-3-4-8-16(15)18(23)21(20-12)11-17(22)24-13(2)14-6-5-9-19-10-14/h3-10,13H,11H2,1-2H3. The molecule has 3 aromatic rings. The van der Waals surface area contributed by atoms with Crippen molar-refractivity contribution in [3.63, 3.8) is 0 Å².